The van der Waals surface area contributed by atoms with Crippen molar-refractivity contribution in [1.82, 2.24) is 19.7 Å². The van der Waals surface area contributed by atoms with E-state index >= 15 is 0 Å². The average Bonchev–Trinajstić information content (AvgIpc) is 3.15. The van der Waals surface area contributed by atoms with Crippen LogP contribution in [0, 0.1) is 0 Å². The van der Waals surface area contributed by atoms with Crippen LogP contribution in [0.5, 0.6) is 0 Å². The Morgan fingerprint density at radius 2 is 2.27 bits per heavy atom. The number of hydrogen-bond acceptors (Lipinski definition) is 6. The van der Waals surface area contributed by atoms with Gasteiger partial charge in [0, 0.05) is 37.4 Å². The maximum atomic E-state index is 4.64. The zero-order chi connectivity index (χ0) is 14.9. The summed E-state index contributed by atoms with van der Waals surface area (Å²) in [6, 6.07) is 5.88. The Morgan fingerprint density at radius 1 is 1.32 bits per heavy atom. The Hall–Kier alpha value is -2.96. The molecule has 7 heteroatoms. The van der Waals surface area contributed by atoms with E-state index in [-0.39, 0.29) is 6.04 Å². The molecule has 0 saturated heterocycles. The minimum atomic E-state index is 0.163. The summed E-state index contributed by atoms with van der Waals surface area (Å²) in [5.41, 5.74) is 1.14. The number of pyridine rings is 1. The minimum Gasteiger partial charge on any atom is -0.322 e. The van der Waals surface area contributed by atoms with Crippen molar-refractivity contribution in [3.63, 3.8) is 0 Å². The molecule has 4 heterocycles. The Kier molecular flexibility index (Phi) is 2.96. The quantitative estimate of drug-likeness (QED) is 0.912. The molecular weight excluding hydrogens is 278 g/mol. The number of fused-ring (bicyclic) bond motifs is 1. The molecule has 110 valence electrons. The summed E-state index contributed by atoms with van der Waals surface area (Å²) in [5.74, 6) is 2.30. The number of aromatic nitrogens is 3. The van der Waals surface area contributed by atoms with Gasteiger partial charge in [0.05, 0.1) is 18.8 Å². The van der Waals surface area contributed by atoms with Gasteiger partial charge in [-0.1, -0.05) is 6.07 Å². The Labute approximate surface area is 127 Å². The molecule has 0 amide bonds. The Morgan fingerprint density at radius 3 is 3.05 bits per heavy atom. The summed E-state index contributed by atoms with van der Waals surface area (Å²) in [5, 5.41) is 7.47. The fourth-order valence-corrected chi connectivity index (χ4v) is 2.62. The lowest BCUT2D eigenvalue weighted by molar-refractivity contribution is 0.458. The number of hydrogen-bond donors (Lipinski definition) is 1. The molecule has 0 radical (unpaired) electrons. The first-order valence-corrected chi connectivity index (χ1v) is 7.05. The molecule has 7 nitrogen and oxygen atoms in total. The van der Waals surface area contributed by atoms with Crippen LogP contribution in [0.1, 0.15) is 11.6 Å². The number of aliphatic imine (C=N–C) groups is 2. The van der Waals surface area contributed by atoms with Crippen molar-refractivity contribution < 1.29 is 0 Å². The first-order chi connectivity index (χ1) is 10.8. The largest absolute Gasteiger partial charge is 0.322 e. The van der Waals surface area contributed by atoms with E-state index in [1.807, 2.05) is 48.5 Å². The second kappa shape index (κ2) is 5.10. The normalized spacial score (nSPS) is 19.7. The fourth-order valence-electron chi connectivity index (χ4n) is 2.62. The van der Waals surface area contributed by atoms with Gasteiger partial charge >= 0.3 is 0 Å². The molecule has 0 aromatic carbocycles. The molecule has 2 aliphatic rings. The molecule has 4 rings (SSSR count). The van der Waals surface area contributed by atoms with E-state index in [4.69, 9.17) is 0 Å². The van der Waals surface area contributed by atoms with Crippen LogP contribution in [-0.2, 0) is 7.05 Å². The summed E-state index contributed by atoms with van der Waals surface area (Å²) in [7, 11) is 1.92. The number of amidine groups is 2. The third-order valence-corrected chi connectivity index (χ3v) is 3.66. The van der Waals surface area contributed by atoms with Gasteiger partial charge in [-0.2, -0.15) is 5.10 Å². The number of nitrogens with zero attached hydrogens (tertiary/aromatic N) is 6. The van der Waals surface area contributed by atoms with Crippen molar-refractivity contribution in [2.75, 3.05) is 11.9 Å². The van der Waals surface area contributed by atoms with Crippen LogP contribution in [0.4, 0.5) is 5.82 Å². The van der Waals surface area contributed by atoms with E-state index < -0.39 is 0 Å². The van der Waals surface area contributed by atoms with Gasteiger partial charge in [-0.15, -0.1) is 0 Å². The predicted octanol–water partition coefficient (Wildman–Crippen LogP) is 1.57. The molecule has 0 aliphatic carbocycles. The first-order valence-electron chi connectivity index (χ1n) is 7.05. The fraction of sp³-hybridized carbons (Fsp3) is 0.200. The van der Waals surface area contributed by atoms with Gasteiger partial charge < -0.3 is 10.2 Å². The van der Waals surface area contributed by atoms with Crippen LogP contribution < -0.4 is 5.32 Å². The summed E-state index contributed by atoms with van der Waals surface area (Å²) in [4.78, 5) is 15.4. The second-order valence-electron chi connectivity index (χ2n) is 5.15. The van der Waals surface area contributed by atoms with Gasteiger partial charge in [-0.3, -0.25) is 9.67 Å². The van der Waals surface area contributed by atoms with Gasteiger partial charge in [-0.25, -0.2) is 9.98 Å². The number of aryl methyl sites for hydroxylation is 1. The summed E-state index contributed by atoms with van der Waals surface area (Å²) in [6.45, 7) is 0.689. The van der Waals surface area contributed by atoms with Gasteiger partial charge in [0.25, 0.3) is 0 Å². The number of rotatable bonds is 2. The van der Waals surface area contributed by atoms with Crippen LogP contribution in [0.3, 0.4) is 0 Å². The highest BCUT2D eigenvalue weighted by molar-refractivity contribution is 6.45. The van der Waals surface area contributed by atoms with Gasteiger partial charge in [0.2, 0.25) is 0 Å². The molecule has 0 fully saturated rings. The third kappa shape index (κ3) is 2.16. The highest BCUT2D eigenvalue weighted by Gasteiger charge is 2.32. The molecule has 0 spiro atoms. The molecule has 0 bridgehead atoms. The molecule has 2 aromatic rings. The number of anilines is 1. The lowest BCUT2D eigenvalue weighted by atomic mass is 10.1. The molecule has 2 aliphatic heterocycles. The van der Waals surface area contributed by atoms with Crippen LogP contribution in [0.25, 0.3) is 0 Å². The summed E-state index contributed by atoms with van der Waals surface area (Å²) < 4.78 is 1.81. The van der Waals surface area contributed by atoms with E-state index in [0.717, 1.165) is 17.2 Å². The van der Waals surface area contributed by atoms with Gasteiger partial charge in [-0.05, 0) is 12.1 Å². The van der Waals surface area contributed by atoms with Gasteiger partial charge in [0.15, 0.2) is 11.7 Å². The van der Waals surface area contributed by atoms with Crippen LogP contribution >= 0.6 is 0 Å². The van der Waals surface area contributed by atoms with E-state index in [0.29, 0.717) is 12.4 Å². The van der Waals surface area contributed by atoms with Crippen LogP contribution in [0.15, 0.2) is 59.2 Å². The monoisotopic (exact) mass is 293 g/mol. The lowest BCUT2D eigenvalue weighted by Crippen LogP contribution is -2.37. The molecule has 1 atom stereocenters. The summed E-state index contributed by atoms with van der Waals surface area (Å²) in [6.07, 6.45) is 9.38. The Balaban J connectivity index is 1.58. The lowest BCUT2D eigenvalue weighted by Gasteiger charge is -2.26. The molecule has 22 heavy (non-hydrogen) atoms. The average molecular weight is 293 g/mol. The van der Waals surface area contributed by atoms with Crippen molar-refractivity contribution in [3.8, 4) is 0 Å². The maximum Gasteiger partial charge on any atom is 0.174 e. The predicted molar refractivity (Wildman–Crippen MR) is 84.5 cm³/mol. The van der Waals surface area contributed by atoms with E-state index in [1.165, 1.54) is 0 Å². The Bertz CT molecular complexity index is 772. The molecule has 0 saturated carbocycles. The van der Waals surface area contributed by atoms with Crippen molar-refractivity contribution in [1.29, 1.82) is 0 Å². The van der Waals surface area contributed by atoms with Crippen molar-refractivity contribution in [2.24, 2.45) is 17.0 Å². The standard InChI is InChI=1S/C15H15N7/c1-21-10-11(8-19-21)12-9-18-15-14(17-6-7-22(12)15)20-13-4-2-3-5-16-13/h2-8,10,12H,9H2,1H3,(H,16,17,20). The van der Waals surface area contributed by atoms with E-state index in [1.54, 1.807) is 12.4 Å². The zero-order valence-electron chi connectivity index (χ0n) is 12.1. The smallest absolute Gasteiger partial charge is 0.174 e. The zero-order valence-corrected chi connectivity index (χ0v) is 12.1. The molecular formula is C15H15N7. The van der Waals surface area contributed by atoms with Crippen molar-refractivity contribution >= 4 is 17.5 Å². The van der Waals surface area contributed by atoms with Gasteiger partial charge in [0.1, 0.15) is 5.82 Å². The van der Waals surface area contributed by atoms with E-state index in [2.05, 4.69) is 30.3 Å². The SMILES string of the molecule is Cn1cc(C2CN=C3C(Nc4ccccn4)=NC=CN32)cn1. The topological polar surface area (TPSA) is 70.7 Å². The van der Waals surface area contributed by atoms with Crippen molar-refractivity contribution in [3.05, 3.63) is 54.8 Å². The molecule has 1 unspecified atom stereocenters. The first kappa shape index (κ1) is 12.8. The third-order valence-electron chi connectivity index (χ3n) is 3.66. The highest BCUT2D eigenvalue weighted by atomic mass is 15.3. The number of nitrogens with one attached hydrogen (secondary N) is 1. The van der Waals surface area contributed by atoms with Crippen LogP contribution in [-0.4, -0.2) is 37.9 Å². The van der Waals surface area contributed by atoms with E-state index in [9.17, 15) is 0 Å². The highest BCUT2D eigenvalue weighted by Crippen LogP contribution is 2.28. The minimum absolute atomic E-state index is 0.163. The molecule has 2 aromatic heterocycles. The molecule has 1 N–H and O–H groups in total. The second-order valence-corrected chi connectivity index (χ2v) is 5.15. The van der Waals surface area contributed by atoms with Crippen LogP contribution in [0.2, 0.25) is 0 Å². The maximum absolute atomic E-state index is 4.64. The van der Waals surface area contributed by atoms with Crippen molar-refractivity contribution in [2.45, 2.75) is 6.04 Å². The summed E-state index contributed by atoms with van der Waals surface area (Å²) >= 11 is 0.